The van der Waals surface area contributed by atoms with Crippen LogP contribution in [0.1, 0.15) is 10.4 Å². The van der Waals surface area contributed by atoms with Gasteiger partial charge in [-0.05, 0) is 30.3 Å². The van der Waals surface area contributed by atoms with Gasteiger partial charge in [0, 0.05) is 16.7 Å². The summed E-state index contributed by atoms with van der Waals surface area (Å²) in [5, 5.41) is 20.6. The monoisotopic (exact) mass is 259 g/mol. The van der Waals surface area contributed by atoms with Crippen molar-refractivity contribution in [1.82, 2.24) is 0 Å². The lowest BCUT2D eigenvalue weighted by atomic mass is 9.79. The van der Waals surface area contributed by atoms with Crippen molar-refractivity contribution in [3.8, 4) is 0 Å². The molecule has 3 N–H and O–H groups in total. The Hall–Kier alpha value is -2.18. The van der Waals surface area contributed by atoms with Crippen molar-refractivity contribution in [2.45, 2.75) is 0 Å². The topological polar surface area (TPSA) is 69.6 Å². The SMILES string of the molecule is O=C(Nc1ccccc1)c1ccc(F)c(B(O)O)c1. The smallest absolute Gasteiger partial charge is 0.423 e. The Morgan fingerprint density at radius 3 is 2.42 bits per heavy atom. The van der Waals surface area contributed by atoms with Gasteiger partial charge in [0.25, 0.3) is 5.91 Å². The molecule has 96 valence electrons. The fraction of sp³-hybridized carbons (Fsp3) is 0. The maximum absolute atomic E-state index is 13.3. The van der Waals surface area contributed by atoms with Crippen molar-refractivity contribution >= 4 is 24.2 Å². The molecule has 0 aromatic heterocycles. The van der Waals surface area contributed by atoms with Crippen LogP contribution in [0.15, 0.2) is 48.5 Å². The molecule has 0 spiro atoms. The maximum Gasteiger partial charge on any atom is 0.491 e. The third kappa shape index (κ3) is 3.18. The summed E-state index contributed by atoms with van der Waals surface area (Å²) in [7, 11) is -1.95. The van der Waals surface area contributed by atoms with Gasteiger partial charge in [-0.1, -0.05) is 18.2 Å². The average molecular weight is 259 g/mol. The van der Waals surface area contributed by atoms with Crippen molar-refractivity contribution in [3.05, 3.63) is 59.9 Å². The van der Waals surface area contributed by atoms with E-state index in [4.69, 9.17) is 10.0 Å². The number of rotatable bonds is 3. The molecule has 19 heavy (non-hydrogen) atoms. The van der Waals surface area contributed by atoms with Crippen LogP contribution in [0.3, 0.4) is 0 Å². The Balaban J connectivity index is 2.22. The van der Waals surface area contributed by atoms with Gasteiger partial charge < -0.3 is 15.4 Å². The second-order valence-electron chi connectivity index (χ2n) is 3.93. The van der Waals surface area contributed by atoms with Crippen LogP contribution in [0.2, 0.25) is 0 Å². The summed E-state index contributed by atoms with van der Waals surface area (Å²) in [6, 6.07) is 12.2. The summed E-state index contributed by atoms with van der Waals surface area (Å²) in [6.07, 6.45) is 0. The van der Waals surface area contributed by atoms with Crippen LogP contribution in [0.4, 0.5) is 10.1 Å². The third-order valence-corrected chi connectivity index (χ3v) is 2.57. The molecule has 6 heteroatoms. The molecular formula is C13H11BFNO3. The lowest BCUT2D eigenvalue weighted by molar-refractivity contribution is 0.102. The van der Waals surface area contributed by atoms with Crippen molar-refractivity contribution in [3.63, 3.8) is 0 Å². The highest BCUT2D eigenvalue weighted by Crippen LogP contribution is 2.09. The fourth-order valence-corrected chi connectivity index (χ4v) is 1.61. The first kappa shape index (κ1) is 13.3. The summed E-state index contributed by atoms with van der Waals surface area (Å²) in [4.78, 5) is 11.9. The molecule has 1 amide bonds. The van der Waals surface area contributed by atoms with Gasteiger partial charge in [-0.3, -0.25) is 4.79 Å². The van der Waals surface area contributed by atoms with E-state index in [0.717, 1.165) is 12.1 Å². The van der Waals surface area contributed by atoms with E-state index in [-0.39, 0.29) is 11.0 Å². The minimum Gasteiger partial charge on any atom is -0.423 e. The second-order valence-corrected chi connectivity index (χ2v) is 3.93. The molecular weight excluding hydrogens is 248 g/mol. The van der Waals surface area contributed by atoms with E-state index in [9.17, 15) is 9.18 Å². The predicted octanol–water partition coefficient (Wildman–Crippen LogP) is 0.758. The van der Waals surface area contributed by atoms with Crippen LogP contribution in [0.25, 0.3) is 0 Å². The van der Waals surface area contributed by atoms with Crippen LogP contribution in [0.5, 0.6) is 0 Å². The number of carbonyl (C=O) groups excluding carboxylic acids is 1. The number of anilines is 1. The fourth-order valence-electron chi connectivity index (χ4n) is 1.61. The van der Waals surface area contributed by atoms with Gasteiger partial charge in [0.05, 0.1) is 0 Å². The molecule has 0 bridgehead atoms. The summed E-state index contributed by atoms with van der Waals surface area (Å²) < 4.78 is 13.3. The molecule has 0 aliphatic heterocycles. The van der Waals surface area contributed by atoms with Gasteiger partial charge >= 0.3 is 7.12 Å². The molecule has 0 aliphatic rings. The molecule has 0 saturated heterocycles. The molecule has 2 rings (SSSR count). The Kier molecular flexibility index (Phi) is 3.94. The van der Waals surface area contributed by atoms with Gasteiger partial charge in [0.15, 0.2) is 0 Å². The Bertz CT molecular complexity index is 590. The molecule has 0 unspecified atom stereocenters. The van der Waals surface area contributed by atoms with Crippen LogP contribution in [0, 0.1) is 5.82 Å². The number of halogens is 1. The molecule has 4 nitrogen and oxygen atoms in total. The van der Waals surface area contributed by atoms with Crippen LogP contribution >= 0.6 is 0 Å². The zero-order valence-corrected chi connectivity index (χ0v) is 9.88. The zero-order valence-electron chi connectivity index (χ0n) is 9.88. The standard InChI is InChI=1S/C13H11BFNO3/c15-12-7-6-9(8-11(12)14(18)19)13(17)16-10-4-2-1-3-5-10/h1-8,18-19H,(H,16,17). The maximum atomic E-state index is 13.3. The molecule has 0 aliphatic carbocycles. The van der Waals surface area contributed by atoms with Gasteiger partial charge in [-0.25, -0.2) is 4.39 Å². The summed E-state index contributed by atoms with van der Waals surface area (Å²) in [6.45, 7) is 0. The highest BCUT2D eigenvalue weighted by atomic mass is 19.1. The number of hydrogen-bond donors (Lipinski definition) is 3. The predicted molar refractivity (Wildman–Crippen MR) is 70.6 cm³/mol. The van der Waals surface area contributed by atoms with Crippen LogP contribution in [-0.2, 0) is 0 Å². The number of carbonyl (C=O) groups is 1. The Morgan fingerprint density at radius 2 is 1.79 bits per heavy atom. The highest BCUT2D eigenvalue weighted by Gasteiger charge is 2.18. The van der Waals surface area contributed by atoms with Gasteiger partial charge in [-0.2, -0.15) is 0 Å². The first-order valence-corrected chi connectivity index (χ1v) is 5.60. The Labute approximate surface area is 109 Å². The van der Waals surface area contributed by atoms with Crippen molar-refractivity contribution in [1.29, 1.82) is 0 Å². The lowest BCUT2D eigenvalue weighted by Gasteiger charge is -2.07. The summed E-state index contributed by atoms with van der Waals surface area (Å²) in [5.74, 6) is -1.22. The number of benzene rings is 2. The normalized spacial score (nSPS) is 10.1. The number of nitrogens with one attached hydrogen (secondary N) is 1. The van der Waals surface area contributed by atoms with Gasteiger partial charge in [0.2, 0.25) is 0 Å². The molecule has 0 heterocycles. The van der Waals surface area contributed by atoms with Crippen LogP contribution < -0.4 is 10.8 Å². The van der Waals surface area contributed by atoms with Crippen LogP contribution in [-0.4, -0.2) is 23.1 Å². The zero-order chi connectivity index (χ0) is 13.8. The number of hydrogen-bond acceptors (Lipinski definition) is 3. The number of para-hydroxylation sites is 1. The first-order chi connectivity index (χ1) is 9.08. The molecule has 0 saturated carbocycles. The van der Waals surface area contributed by atoms with Gasteiger partial charge in [0.1, 0.15) is 5.82 Å². The largest absolute Gasteiger partial charge is 0.491 e. The quantitative estimate of drug-likeness (QED) is 0.712. The van der Waals surface area contributed by atoms with E-state index >= 15 is 0 Å². The molecule has 0 atom stereocenters. The average Bonchev–Trinajstić information content (AvgIpc) is 2.40. The lowest BCUT2D eigenvalue weighted by Crippen LogP contribution is -2.33. The minimum atomic E-state index is -1.95. The second kappa shape index (κ2) is 5.64. The first-order valence-electron chi connectivity index (χ1n) is 5.60. The van der Waals surface area contributed by atoms with Crippen molar-refractivity contribution in [2.24, 2.45) is 0 Å². The molecule has 2 aromatic carbocycles. The number of amides is 1. The van der Waals surface area contributed by atoms with E-state index in [0.29, 0.717) is 5.69 Å². The Morgan fingerprint density at radius 1 is 1.11 bits per heavy atom. The van der Waals surface area contributed by atoms with E-state index in [1.807, 2.05) is 6.07 Å². The molecule has 0 radical (unpaired) electrons. The van der Waals surface area contributed by atoms with Crippen molar-refractivity contribution in [2.75, 3.05) is 5.32 Å². The van der Waals surface area contributed by atoms with Crippen molar-refractivity contribution < 1.29 is 19.2 Å². The van der Waals surface area contributed by atoms with E-state index in [2.05, 4.69) is 5.32 Å². The third-order valence-electron chi connectivity index (χ3n) is 2.57. The molecule has 2 aromatic rings. The van der Waals surface area contributed by atoms with E-state index < -0.39 is 18.8 Å². The minimum absolute atomic E-state index is 0.147. The van der Waals surface area contributed by atoms with Gasteiger partial charge in [-0.15, -0.1) is 0 Å². The van der Waals surface area contributed by atoms with E-state index in [1.54, 1.807) is 24.3 Å². The van der Waals surface area contributed by atoms with E-state index in [1.165, 1.54) is 6.07 Å². The molecule has 0 fully saturated rings. The summed E-state index contributed by atoms with van der Waals surface area (Å²) >= 11 is 0. The summed E-state index contributed by atoms with van der Waals surface area (Å²) in [5.41, 5.74) is 0.414. The highest BCUT2D eigenvalue weighted by molar-refractivity contribution is 6.58.